The van der Waals surface area contributed by atoms with Crippen molar-refractivity contribution in [1.29, 1.82) is 0 Å². The van der Waals surface area contributed by atoms with Gasteiger partial charge in [-0.25, -0.2) is 0 Å². The number of carbonyl (C=O) groups is 2. The molecule has 0 aromatic heterocycles. The Morgan fingerprint density at radius 1 is 0.865 bits per heavy atom. The summed E-state index contributed by atoms with van der Waals surface area (Å²) < 4.78 is 17.9. The second-order valence-corrected chi connectivity index (χ2v) is 12.1. The lowest BCUT2D eigenvalue weighted by atomic mass is 9.83. The number of hydrogen-bond acceptors (Lipinski definition) is 6. The molecular formula is C30H45N5O2. The van der Waals surface area contributed by atoms with Crippen LogP contribution in [0.25, 0.3) is 0 Å². The Bertz CT molecular complexity index is 1030. The van der Waals surface area contributed by atoms with Crippen molar-refractivity contribution in [3.63, 3.8) is 0 Å². The van der Waals surface area contributed by atoms with E-state index in [1.54, 1.807) is 4.90 Å². The standard InChI is InChI=1S/C30H45N5O2/c36-29-5-4-28(30(37)32-29)35-20-25-2-1-3-27(26(25)21-35)34-16-10-24(11-17-34)19-33-14-8-23(9-15-33)18-22-6-12-31-13-7-22/h1-3,22-24,28,31H,4-21H2,(H,32,36,37)/i20D,21D. The number of imide groups is 1. The largest absolute Gasteiger partial charge is 0.371 e. The van der Waals surface area contributed by atoms with Crippen LogP contribution in [0.2, 0.25) is 0 Å². The fraction of sp³-hybridized carbons (Fsp3) is 0.733. The molecule has 3 unspecified atom stereocenters. The van der Waals surface area contributed by atoms with Crippen molar-refractivity contribution in [3.05, 3.63) is 29.3 Å². The highest BCUT2D eigenvalue weighted by molar-refractivity contribution is 6.00. The fourth-order valence-corrected chi connectivity index (χ4v) is 7.31. The number of amides is 2. The molecule has 1 aromatic rings. The minimum absolute atomic E-state index is 0.263. The zero-order valence-electron chi connectivity index (χ0n) is 24.2. The summed E-state index contributed by atoms with van der Waals surface area (Å²) in [6, 6.07) is 5.42. The second kappa shape index (κ2) is 11.4. The smallest absolute Gasteiger partial charge is 0.243 e. The third-order valence-corrected chi connectivity index (χ3v) is 9.56. The quantitative estimate of drug-likeness (QED) is 0.575. The molecule has 2 amide bonds. The van der Waals surface area contributed by atoms with Crippen molar-refractivity contribution < 1.29 is 12.3 Å². The second-order valence-electron chi connectivity index (χ2n) is 12.1. The molecule has 0 saturated carbocycles. The van der Waals surface area contributed by atoms with Gasteiger partial charge in [0.05, 0.1) is 6.04 Å². The van der Waals surface area contributed by atoms with Gasteiger partial charge in [-0.05, 0) is 112 Å². The lowest BCUT2D eigenvalue weighted by molar-refractivity contribution is -0.137. The van der Waals surface area contributed by atoms with E-state index in [4.69, 9.17) is 2.74 Å². The number of hydrogen-bond donors (Lipinski definition) is 2. The van der Waals surface area contributed by atoms with Gasteiger partial charge in [0.15, 0.2) is 0 Å². The molecule has 4 saturated heterocycles. The van der Waals surface area contributed by atoms with Gasteiger partial charge in [-0.1, -0.05) is 12.1 Å². The summed E-state index contributed by atoms with van der Waals surface area (Å²) >= 11 is 0. The minimum Gasteiger partial charge on any atom is -0.371 e. The van der Waals surface area contributed by atoms with Crippen molar-refractivity contribution in [2.45, 2.75) is 76.9 Å². The van der Waals surface area contributed by atoms with Crippen LogP contribution in [-0.4, -0.2) is 73.5 Å². The minimum atomic E-state index is -0.772. The molecule has 4 fully saturated rings. The predicted molar refractivity (Wildman–Crippen MR) is 146 cm³/mol. The summed E-state index contributed by atoms with van der Waals surface area (Å²) in [6.45, 7) is 6.54. The van der Waals surface area contributed by atoms with E-state index in [0.717, 1.165) is 60.5 Å². The van der Waals surface area contributed by atoms with E-state index in [0.29, 0.717) is 6.42 Å². The van der Waals surface area contributed by atoms with Crippen LogP contribution in [0.1, 0.15) is 71.7 Å². The van der Waals surface area contributed by atoms with E-state index in [9.17, 15) is 9.59 Å². The summed E-state index contributed by atoms with van der Waals surface area (Å²) in [6.07, 6.45) is 9.84. The van der Waals surface area contributed by atoms with Crippen molar-refractivity contribution >= 4 is 17.5 Å². The maximum absolute atomic E-state index is 12.6. The molecule has 0 aliphatic carbocycles. The topological polar surface area (TPSA) is 67.9 Å². The molecule has 7 heteroatoms. The molecule has 5 aliphatic rings. The summed E-state index contributed by atoms with van der Waals surface area (Å²) in [5.74, 6) is 1.95. The van der Waals surface area contributed by atoms with E-state index < -0.39 is 19.1 Å². The van der Waals surface area contributed by atoms with Gasteiger partial charge in [-0.3, -0.25) is 19.8 Å². The van der Waals surface area contributed by atoms with Crippen molar-refractivity contribution in [1.82, 2.24) is 20.4 Å². The Balaban J connectivity index is 1.02. The Labute approximate surface area is 225 Å². The van der Waals surface area contributed by atoms with Crippen LogP contribution in [0.15, 0.2) is 18.2 Å². The summed E-state index contributed by atoms with van der Waals surface area (Å²) in [7, 11) is 0. The summed E-state index contributed by atoms with van der Waals surface area (Å²) in [5.41, 5.74) is 2.75. The van der Waals surface area contributed by atoms with Crippen molar-refractivity contribution in [2.24, 2.45) is 17.8 Å². The third-order valence-electron chi connectivity index (χ3n) is 9.56. The maximum Gasteiger partial charge on any atom is 0.243 e. The van der Waals surface area contributed by atoms with Gasteiger partial charge in [0.25, 0.3) is 0 Å². The number of carbonyl (C=O) groups excluding carboxylic acids is 2. The summed E-state index contributed by atoms with van der Waals surface area (Å²) in [4.78, 5) is 31.0. The lowest BCUT2D eigenvalue weighted by Gasteiger charge is -2.39. The Morgan fingerprint density at radius 2 is 1.59 bits per heavy atom. The fourth-order valence-electron chi connectivity index (χ4n) is 7.31. The van der Waals surface area contributed by atoms with Gasteiger partial charge in [0.1, 0.15) is 0 Å². The number of benzene rings is 1. The molecule has 5 heterocycles. The van der Waals surface area contributed by atoms with Crippen LogP contribution in [0.5, 0.6) is 0 Å². The molecule has 202 valence electrons. The number of likely N-dealkylation sites (tertiary alicyclic amines) is 1. The highest BCUT2D eigenvalue weighted by atomic mass is 16.2. The van der Waals surface area contributed by atoms with Gasteiger partial charge in [-0.2, -0.15) is 0 Å². The SMILES string of the molecule is [2H]C1c2cccc(N3CCC(CN4CCC(CC5CCNCC5)CC4)CC3)c2C([2H])N1C1CCC(=O)NC1=O. The number of piperidine rings is 4. The Morgan fingerprint density at radius 3 is 2.35 bits per heavy atom. The number of nitrogens with one attached hydrogen (secondary N) is 2. The molecule has 6 rings (SSSR count). The van der Waals surface area contributed by atoms with Gasteiger partial charge < -0.3 is 15.1 Å². The zero-order chi connectivity index (χ0) is 26.9. The van der Waals surface area contributed by atoms with E-state index >= 15 is 0 Å². The maximum atomic E-state index is 12.6. The van der Waals surface area contributed by atoms with Crippen molar-refractivity contribution in [2.75, 3.05) is 50.7 Å². The van der Waals surface area contributed by atoms with Crippen LogP contribution >= 0.6 is 0 Å². The molecular weight excluding hydrogens is 462 g/mol. The number of fused-ring (bicyclic) bond motifs is 1. The van der Waals surface area contributed by atoms with Gasteiger partial charge >= 0.3 is 0 Å². The average molecular weight is 510 g/mol. The average Bonchev–Trinajstić information content (AvgIpc) is 3.20. The number of anilines is 1. The van der Waals surface area contributed by atoms with Crippen LogP contribution in [0.3, 0.4) is 0 Å². The van der Waals surface area contributed by atoms with Crippen LogP contribution < -0.4 is 15.5 Å². The molecule has 0 bridgehead atoms. The van der Waals surface area contributed by atoms with E-state index in [1.165, 1.54) is 64.8 Å². The molecule has 37 heavy (non-hydrogen) atoms. The van der Waals surface area contributed by atoms with Crippen LogP contribution in [0.4, 0.5) is 5.69 Å². The molecule has 2 N–H and O–H groups in total. The number of rotatable bonds is 6. The predicted octanol–water partition coefficient (Wildman–Crippen LogP) is 3.13. The molecule has 1 aromatic carbocycles. The molecule has 7 nitrogen and oxygen atoms in total. The van der Waals surface area contributed by atoms with E-state index in [-0.39, 0.29) is 18.2 Å². The molecule has 0 spiro atoms. The first kappa shape index (κ1) is 23.0. The molecule has 3 atom stereocenters. The first-order valence-electron chi connectivity index (χ1n) is 15.9. The normalized spacial score (nSPS) is 32.2. The van der Waals surface area contributed by atoms with Crippen molar-refractivity contribution in [3.8, 4) is 0 Å². The first-order chi connectivity index (χ1) is 19.0. The van der Waals surface area contributed by atoms with Crippen LogP contribution in [-0.2, 0) is 22.6 Å². The third kappa shape index (κ3) is 5.89. The highest BCUT2D eigenvalue weighted by Gasteiger charge is 2.36. The Hall–Kier alpha value is -1.96. The van der Waals surface area contributed by atoms with Crippen LogP contribution in [0, 0.1) is 17.8 Å². The lowest BCUT2D eigenvalue weighted by Crippen LogP contribution is -2.50. The molecule has 5 aliphatic heterocycles. The highest BCUT2D eigenvalue weighted by Crippen LogP contribution is 2.36. The van der Waals surface area contributed by atoms with Gasteiger partial charge in [-0.15, -0.1) is 0 Å². The number of nitrogens with zero attached hydrogens (tertiary/aromatic N) is 3. The Kier molecular flexibility index (Phi) is 7.09. The van der Waals surface area contributed by atoms with E-state index in [2.05, 4.69) is 26.5 Å². The molecule has 0 radical (unpaired) electrons. The summed E-state index contributed by atoms with van der Waals surface area (Å²) in [5, 5.41) is 5.90. The monoisotopic (exact) mass is 509 g/mol. The van der Waals surface area contributed by atoms with Gasteiger partial charge in [0.2, 0.25) is 11.8 Å². The van der Waals surface area contributed by atoms with E-state index in [1.807, 2.05) is 12.1 Å². The van der Waals surface area contributed by atoms with Gasteiger partial charge in [0, 0.05) is 47.5 Å². The zero-order valence-corrected chi connectivity index (χ0v) is 22.2. The first-order valence-corrected chi connectivity index (χ1v) is 14.7.